The summed E-state index contributed by atoms with van der Waals surface area (Å²) in [5.41, 5.74) is 1.36. The fourth-order valence-electron chi connectivity index (χ4n) is 3.14. The molecule has 3 aromatic carbocycles. The quantitative estimate of drug-likeness (QED) is 0.495. The number of hydrogen-bond donors (Lipinski definition) is 2. The highest BCUT2D eigenvalue weighted by Crippen LogP contribution is 2.36. The average molecular weight is 441 g/mol. The molecule has 1 aliphatic rings. The van der Waals surface area contributed by atoms with Gasteiger partial charge in [-0.15, -0.1) is 10.2 Å². The number of carbonyl (C=O) groups excluding carboxylic acids is 1. The van der Waals surface area contributed by atoms with E-state index in [1.807, 2.05) is 0 Å². The zero-order chi connectivity index (χ0) is 22.1. The minimum absolute atomic E-state index is 0.220. The van der Waals surface area contributed by atoms with Crippen molar-refractivity contribution in [2.24, 2.45) is 15.2 Å². The number of phenols is 1. The van der Waals surface area contributed by atoms with Gasteiger partial charge in [0.05, 0.1) is 22.6 Å². The van der Waals surface area contributed by atoms with Crippen LogP contribution < -0.4 is 5.32 Å². The van der Waals surface area contributed by atoms with Crippen LogP contribution in [0.3, 0.4) is 0 Å². The van der Waals surface area contributed by atoms with Crippen LogP contribution in [0.25, 0.3) is 0 Å². The minimum Gasteiger partial charge on any atom is -0.508 e. The first-order valence-electron chi connectivity index (χ1n) is 9.22. The zero-order valence-electron chi connectivity index (χ0n) is 16.1. The zero-order valence-corrected chi connectivity index (χ0v) is 16.9. The van der Waals surface area contributed by atoms with Gasteiger partial charge in [-0.05, 0) is 25.1 Å². The third-order valence-electron chi connectivity index (χ3n) is 4.63. The molecule has 31 heavy (non-hydrogen) atoms. The first-order valence-corrected chi connectivity index (χ1v) is 9.59. The number of benzodiazepines with no additional fused rings is 1. The number of benzene rings is 3. The number of nitrogens with one attached hydrogen (secondary N) is 1. The Bertz CT molecular complexity index is 1240. The Labute approximate surface area is 180 Å². The predicted octanol–water partition coefficient (Wildman–Crippen LogP) is 5.92. The molecule has 6 nitrogen and oxygen atoms in total. The molecule has 2 N–H and O–H groups in total. The smallest absolute Gasteiger partial charge is 0.248 e. The first kappa shape index (κ1) is 20.6. The van der Waals surface area contributed by atoms with Crippen molar-refractivity contribution in [2.75, 3.05) is 5.32 Å². The number of phenolic OH excluding ortho intramolecular Hbond substituents is 1. The molecule has 0 aliphatic carbocycles. The van der Waals surface area contributed by atoms with Crippen LogP contribution in [0.15, 0.2) is 69.8 Å². The van der Waals surface area contributed by atoms with E-state index in [9.17, 15) is 18.7 Å². The van der Waals surface area contributed by atoms with E-state index >= 15 is 0 Å². The monoisotopic (exact) mass is 440 g/mol. The van der Waals surface area contributed by atoms with Crippen LogP contribution in [-0.4, -0.2) is 22.8 Å². The summed E-state index contributed by atoms with van der Waals surface area (Å²) in [4.78, 5) is 17.0. The van der Waals surface area contributed by atoms with E-state index in [2.05, 4.69) is 20.5 Å². The fourth-order valence-corrected chi connectivity index (χ4v) is 3.36. The molecule has 9 heteroatoms. The number of aromatic hydroxyl groups is 1. The van der Waals surface area contributed by atoms with Crippen LogP contribution in [0.2, 0.25) is 5.02 Å². The highest BCUT2D eigenvalue weighted by molar-refractivity contribution is 6.36. The van der Waals surface area contributed by atoms with Gasteiger partial charge in [0.25, 0.3) is 0 Å². The predicted molar refractivity (Wildman–Crippen MR) is 114 cm³/mol. The Morgan fingerprint density at radius 2 is 1.77 bits per heavy atom. The van der Waals surface area contributed by atoms with Crippen LogP contribution in [0, 0.1) is 11.6 Å². The van der Waals surface area contributed by atoms with E-state index in [1.165, 1.54) is 0 Å². The summed E-state index contributed by atoms with van der Waals surface area (Å²) < 4.78 is 28.1. The van der Waals surface area contributed by atoms with Crippen molar-refractivity contribution < 1.29 is 18.7 Å². The van der Waals surface area contributed by atoms with Crippen LogP contribution in [0.1, 0.15) is 18.1 Å². The SMILES string of the molecule is CC1N=C(c2ccccc2Cl)c2c(N=Nc3c(F)cc(O)cc3F)cccc2NC1=O. The molecule has 0 bridgehead atoms. The second-order valence-electron chi connectivity index (χ2n) is 6.78. The van der Waals surface area contributed by atoms with Crippen molar-refractivity contribution in [1.82, 2.24) is 0 Å². The summed E-state index contributed by atoms with van der Waals surface area (Å²) in [5, 5.41) is 20.2. The normalized spacial score (nSPS) is 15.9. The molecule has 4 rings (SSSR count). The third kappa shape index (κ3) is 4.02. The Hall–Kier alpha value is -3.65. The number of anilines is 1. The van der Waals surface area contributed by atoms with Gasteiger partial charge < -0.3 is 10.4 Å². The van der Waals surface area contributed by atoms with Gasteiger partial charge in [0, 0.05) is 22.7 Å². The van der Waals surface area contributed by atoms with Crippen molar-refractivity contribution in [3.63, 3.8) is 0 Å². The number of nitrogens with zero attached hydrogens (tertiary/aromatic N) is 3. The molecule has 0 saturated heterocycles. The molecule has 0 fully saturated rings. The molecule has 156 valence electrons. The highest BCUT2D eigenvalue weighted by atomic mass is 35.5. The Kier molecular flexibility index (Phi) is 5.48. The summed E-state index contributed by atoms with van der Waals surface area (Å²) >= 11 is 6.38. The van der Waals surface area contributed by atoms with Crippen LogP contribution in [0.4, 0.5) is 25.8 Å². The number of aliphatic imine (C=N–C) groups is 1. The van der Waals surface area contributed by atoms with Gasteiger partial charge in [0.15, 0.2) is 17.3 Å². The van der Waals surface area contributed by atoms with Crippen LogP contribution >= 0.6 is 11.6 Å². The van der Waals surface area contributed by atoms with Crippen molar-refractivity contribution in [3.8, 4) is 5.75 Å². The molecule has 1 unspecified atom stereocenters. The summed E-state index contributed by atoms with van der Waals surface area (Å²) in [6.07, 6.45) is 0. The summed E-state index contributed by atoms with van der Waals surface area (Å²) in [6, 6.07) is 12.6. The molecule has 0 aromatic heterocycles. The van der Waals surface area contributed by atoms with E-state index < -0.39 is 29.1 Å². The van der Waals surface area contributed by atoms with Gasteiger partial charge in [-0.25, -0.2) is 8.78 Å². The van der Waals surface area contributed by atoms with Gasteiger partial charge in [-0.2, -0.15) is 0 Å². The fraction of sp³-hybridized carbons (Fsp3) is 0.0909. The van der Waals surface area contributed by atoms with Crippen molar-refractivity contribution in [3.05, 3.63) is 82.4 Å². The summed E-state index contributed by atoms with van der Waals surface area (Å²) in [7, 11) is 0. The molecular weight excluding hydrogens is 426 g/mol. The van der Waals surface area contributed by atoms with E-state index in [1.54, 1.807) is 49.4 Å². The number of carbonyl (C=O) groups is 1. The van der Waals surface area contributed by atoms with Crippen LogP contribution in [-0.2, 0) is 4.79 Å². The van der Waals surface area contributed by atoms with Crippen LogP contribution in [0.5, 0.6) is 5.75 Å². The molecule has 0 radical (unpaired) electrons. The first-order chi connectivity index (χ1) is 14.8. The topological polar surface area (TPSA) is 86.4 Å². The lowest BCUT2D eigenvalue weighted by Crippen LogP contribution is -2.22. The second-order valence-corrected chi connectivity index (χ2v) is 7.19. The summed E-state index contributed by atoms with van der Waals surface area (Å²) in [5.74, 6) is -3.02. The summed E-state index contributed by atoms with van der Waals surface area (Å²) in [6.45, 7) is 1.64. The van der Waals surface area contributed by atoms with E-state index in [0.29, 0.717) is 27.5 Å². The van der Waals surface area contributed by atoms with Crippen molar-refractivity contribution >= 4 is 40.3 Å². The number of rotatable bonds is 3. The number of amides is 1. The van der Waals surface area contributed by atoms with Gasteiger partial charge in [-0.3, -0.25) is 9.79 Å². The molecule has 1 heterocycles. The average Bonchev–Trinajstić information content (AvgIpc) is 2.84. The molecule has 0 saturated carbocycles. The Morgan fingerprint density at radius 3 is 2.48 bits per heavy atom. The second kappa shape index (κ2) is 8.23. The maximum absolute atomic E-state index is 14.1. The molecular formula is C22H15ClF2N4O2. The lowest BCUT2D eigenvalue weighted by atomic mass is 9.99. The third-order valence-corrected chi connectivity index (χ3v) is 4.96. The molecule has 1 amide bonds. The molecule has 0 spiro atoms. The molecule has 1 atom stereocenters. The van der Waals surface area contributed by atoms with Gasteiger partial charge in [-0.1, -0.05) is 35.9 Å². The molecule has 1 aliphatic heterocycles. The maximum Gasteiger partial charge on any atom is 0.248 e. The number of fused-ring (bicyclic) bond motifs is 1. The maximum atomic E-state index is 14.1. The van der Waals surface area contributed by atoms with Gasteiger partial charge in [0.2, 0.25) is 5.91 Å². The van der Waals surface area contributed by atoms with Gasteiger partial charge in [0.1, 0.15) is 11.8 Å². The highest BCUT2D eigenvalue weighted by Gasteiger charge is 2.26. The lowest BCUT2D eigenvalue weighted by molar-refractivity contribution is -0.116. The van der Waals surface area contributed by atoms with Crippen molar-refractivity contribution in [1.29, 1.82) is 0 Å². The number of hydrogen-bond acceptors (Lipinski definition) is 5. The number of halogens is 3. The largest absolute Gasteiger partial charge is 0.508 e. The van der Waals surface area contributed by atoms with E-state index in [-0.39, 0.29) is 11.6 Å². The Morgan fingerprint density at radius 1 is 1.06 bits per heavy atom. The van der Waals surface area contributed by atoms with E-state index in [4.69, 9.17) is 11.6 Å². The Balaban J connectivity index is 1.91. The standard InChI is InChI=1S/C22H15ClF2N4O2/c1-11-22(31)27-17-7-4-8-18(28-29-21-15(24)9-12(30)10-16(21)25)19(17)20(26-11)13-5-2-3-6-14(13)23/h2-11,30H,1H3,(H,27,31). The lowest BCUT2D eigenvalue weighted by Gasteiger charge is -2.13. The minimum atomic E-state index is -1.06. The van der Waals surface area contributed by atoms with Crippen molar-refractivity contribution in [2.45, 2.75) is 13.0 Å². The van der Waals surface area contributed by atoms with Gasteiger partial charge >= 0.3 is 0 Å². The molecule has 3 aromatic rings. The number of azo groups is 1. The van der Waals surface area contributed by atoms with E-state index in [0.717, 1.165) is 12.1 Å².